The van der Waals surface area contributed by atoms with E-state index in [4.69, 9.17) is 5.73 Å². The molecule has 0 radical (unpaired) electrons. The molecular formula is C12H18N2S. The van der Waals surface area contributed by atoms with E-state index in [0.29, 0.717) is 0 Å². The van der Waals surface area contributed by atoms with E-state index >= 15 is 0 Å². The number of hydrogen-bond acceptors (Lipinski definition) is 3. The zero-order valence-corrected chi connectivity index (χ0v) is 9.72. The Morgan fingerprint density at radius 3 is 2.93 bits per heavy atom. The molecule has 3 N–H and O–H groups in total. The van der Waals surface area contributed by atoms with Gasteiger partial charge in [-0.1, -0.05) is 6.42 Å². The van der Waals surface area contributed by atoms with Gasteiger partial charge in [0.1, 0.15) is 0 Å². The van der Waals surface area contributed by atoms with E-state index < -0.39 is 0 Å². The van der Waals surface area contributed by atoms with Crippen LogP contribution in [0.3, 0.4) is 0 Å². The van der Waals surface area contributed by atoms with Gasteiger partial charge in [-0.2, -0.15) is 0 Å². The van der Waals surface area contributed by atoms with Gasteiger partial charge in [0.2, 0.25) is 0 Å². The molecule has 2 fully saturated rings. The summed E-state index contributed by atoms with van der Waals surface area (Å²) in [5, 5.41) is 5.76. The second-order valence-corrected chi connectivity index (χ2v) is 5.96. The van der Waals surface area contributed by atoms with Gasteiger partial charge in [0.25, 0.3) is 0 Å². The highest BCUT2D eigenvalue weighted by Crippen LogP contribution is 2.44. The summed E-state index contributed by atoms with van der Waals surface area (Å²) in [4.78, 5) is 1.30. The lowest BCUT2D eigenvalue weighted by Crippen LogP contribution is -2.33. The second kappa shape index (κ2) is 3.80. The Morgan fingerprint density at radius 2 is 2.33 bits per heavy atom. The number of hydrogen-bond donors (Lipinski definition) is 2. The van der Waals surface area contributed by atoms with E-state index in [1.807, 2.05) is 6.07 Å². The third kappa shape index (κ3) is 1.79. The monoisotopic (exact) mass is 222 g/mol. The van der Waals surface area contributed by atoms with Crippen LogP contribution in [0.25, 0.3) is 0 Å². The zero-order chi connectivity index (χ0) is 10.3. The van der Waals surface area contributed by atoms with Gasteiger partial charge in [0, 0.05) is 23.2 Å². The topological polar surface area (TPSA) is 38.0 Å². The van der Waals surface area contributed by atoms with Crippen LogP contribution in [0.5, 0.6) is 0 Å². The summed E-state index contributed by atoms with van der Waals surface area (Å²) >= 11 is 1.77. The highest BCUT2D eigenvalue weighted by atomic mass is 32.1. The fourth-order valence-corrected chi connectivity index (χ4v) is 3.96. The average Bonchev–Trinajstić information content (AvgIpc) is 2.90. The molecule has 3 unspecified atom stereocenters. The molecule has 3 rings (SSSR count). The minimum absolute atomic E-state index is 0.769. The Morgan fingerprint density at radius 1 is 1.40 bits per heavy atom. The van der Waals surface area contributed by atoms with Crippen molar-refractivity contribution in [2.75, 3.05) is 5.73 Å². The summed E-state index contributed by atoms with van der Waals surface area (Å²) < 4.78 is 0. The molecule has 15 heavy (non-hydrogen) atoms. The Bertz CT molecular complexity index is 347. The third-order valence-corrected chi connectivity index (χ3v) is 4.98. The number of nitrogens with two attached hydrogens (primary N) is 1. The lowest BCUT2D eigenvalue weighted by atomic mass is 9.95. The van der Waals surface area contributed by atoms with Gasteiger partial charge in [-0.15, -0.1) is 11.3 Å². The quantitative estimate of drug-likeness (QED) is 0.825. The number of nitrogens with one attached hydrogen (secondary N) is 1. The molecule has 3 heteroatoms. The normalized spacial score (nSPS) is 33.7. The van der Waals surface area contributed by atoms with Crippen molar-refractivity contribution in [2.24, 2.45) is 11.8 Å². The maximum atomic E-state index is 5.87. The molecule has 1 heterocycles. The first-order valence-electron chi connectivity index (χ1n) is 5.88. The van der Waals surface area contributed by atoms with Crippen molar-refractivity contribution in [3.8, 4) is 0 Å². The van der Waals surface area contributed by atoms with Crippen LogP contribution in [-0.2, 0) is 6.54 Å². The zero-order valence-electron chi connectivity index (χ0n) is 8.91. The van der Waals surface area contributed by atoms with Crippen LogP contribution in [0, 0.1) is 11.8 Å². The summed E-state index contributed by atoms with van der Waals surface area (Å²) in [7, 11) is 0. The van der Waals surface area contributed by atoms with Crippen molar-refractivity contribution in [3.05, 3.63) is 16.3 Å². The lowest BCUT2D eigenvalue weighted by Gasteiger charge is -2.22. The Balaban J connectivity index is 1.57. The summed E-state index contributed by atoms with van der Waals surface area (Å²) in [5.41, 5.74) is 6.83. The largest absolute Gasteiger partial charge is 0.398 e. The fraction of sp³-hybridized carbons (Fsp3) is 0.667. The predicted molar refractivity (Wildman–Crippen MR) is 64.8 cm³/mol. The molecule has 2 bridgehead atoms. The van der Waals surface area contributed by atoms with Crippen LogP contribution in [-0.4, -0.2) is 6.04 Å². The van der Waals surface area contributed by atoms with Crippen LogP contribution in [0.15, 0.2) is 11.4 Å². The molecule has 2 aliphatic carbocycles. The number of fused-ring (bicyclic) bond motifs is 2. The van der Waals surface area contributed by atoms with Gasteiger partial charge in [-0.25, -0.2) is 0 Å². The highest BCUT2D eigenvalue weighted by Gasteiger charge is 2.38. The smallest absolute Gasteiger partial charge is 0.0468 e. The second-order valence-electron chi connectivity index (χ2n) is 4.96. The first-order valence-corrected chi connectivity index (χ1v) is 6.76. The lowest BCUT2D eigenvalue weighted by molar-refractivity contribution is 0.352. The van der Waals surface area contributed by atoms with Crippen LogP contribution in [0.1, 0.15) is 30.6 Å². The maximum Gasteiger partial charge on any atom is 0.0468 e. The molecular weight excluding hydrogens is 204 g/mol. The van der Waals surface area contributed by atoms with Crippen LogP contribution in [0.4, 0.5) is 5.69 Å². The van der Waals surface area contributed by atoms with Crippen LogP contribution in [0.2, 0.25) is 0 Å². The first-order chi connectivity index (χ1) is 7.33. The molecule has 0 spiro atoms. The van der Waals surface area contributed by atoms with Crippen molar-refractivity contribution >= 4 is 17.0 Å². The number of rotatable bonds is 3. The van der Waals surface area contributed by atoms with E-state index in [2.05, 4.69) is 10.7 Å². The molecule has 3 atom stereocenters. The standard InChI is InChI=1S/C12H18N2S/c13-10-3-4-15-12(10)7-14-11-6-8-1-2-9(11)5-8/h3-4,8-9,11,14H,1-2,5-7,13H2. The summed E-state index contributed by atoms with van der Waals surface area (Å²) in [5.74, 6) is 1.98. The number of anilines is 1. The van der Waals surface area contributed by atoms with Crippen molar-refractivity contribution in [2.45, 2.75) is 38.3 Å². The van der Waals surface area contributed by atoms with Crippen LogP contribution >= 0.6 is 11.3 Å². The Hall–Kier alpha value is -0.540. The summed E-state index contributed by atoms with van der Waals surface area (Å²) in [6, 6.07) is 2.77. The molecule has 0 aliphatic heterocycles. The van der Waals surface area contributed by atoms with Crippen LogP contribution < -0.4 is 11.1 Å². The van der Waals surface area contributed by atoms with Gasteiger partial charge in [0.05, 0.1) is 0 Å². The number of thiophene rings is 1. The predicted octanol–water partition coefficient (Wildman–Crippen LogP) is 2.61. The summed E-state index contributed by atoms with van der Waals surface area (Å²) in [6.45, 7) is 0.970. The summed E-state index contributed by atoms with van der Waals surface area (Å²) in [6.07, 6.45) is 5.79. The van der Waals surface area contributed by atoms with E-state index in [0.717, 1.165) is 30.1 Å². The first kappa shape index (κ1) is 9.67. The van der Waals surface area contributed by atoms with Crippen molar-refractivity contribution < 1.29 is 0 Å². The van der Waals surface area contributed by atoms with Crippen molar-refractivity contribution in [1.29, 1.82) is 0 Å². The molecule has 0 saturated heterocycles. The maximum absolute atomic E-state index is 5.87. The van der Waals surface area contributed by atoms with E-state index in [-0.39, 0.29) is 0 Å². The van der Waals surface area contributed by atoms with E-state index in [1.54, 1.807) is 11.3 Å². The Kier molecular flexibility index (Phi) is 2.45. The molecule has 2 saturated carbocycles. The van der Waals surface area contributed by atoms with Crippen molar-refractivity contribution in [3.63, 3.8) is 0 Å². The molecule has 1 aromatic rings. The SMILES string of the molecule is Nc1ccsc1CNC1CC2CCC1C2. The molecule has 2 aliphatic rings. The molecule has 1 aromatic heterocycles. The minimum atomic E-state index is 0.769. The molecule has 0 aromatic carbocycles. The number of nitrogen functional groups attached to an aromatic ring is 1. The minimum Gasteiger partial charge on any atom is -0.398 e. The van der Waals surface area contributed by atoms with Gasteiger partial charge < -0.3 is 11.1 Å². The van der Waals surface area contributed by atoms with E-state index in [1.165, 1.54) is 30.6 Å². The van der Waals surface area contributed by atoms with Gasteiger partial charge in [-0.05, 0) is 42.5 Å². The Labute approximate surface area is 94.9 Å². The van der Waals surface area contributed by atoms with Gasteiger partial charge in [0.15, 0.2) is 0 Å². The van der Waals surface area contributed by atoms with Crippen molar-refractivity contribution in [1.82, 2.24) is 5.32 Å². The molecule has 0 amide bonds. The molecule has 82 valence electrons. The third-order valence-electron chi connectivity index (χ3n) is 4.04. The van der Waals surface area contributed by atoms with Gasteiger partial charge >= 0.3 is 0 Å². The average molecular weight is 222 g/mol. The van der Waals surface area contributed by atoms with Gasteiger partial charge in [-0.3, -0.25) is 0 Å². The highest BCUT2D eigenvalue weighted by molar-refractivity contribution is 7.10. The molecule has 2 nitrogen and oxygen atoms in total. The van der Waals surface area contributed by atoms with E-state index in [9.17, 15) is 0 Å². The fourth-order valence-electron chi connectivity index (χ4n) is 3.21.